The summed E-state index contributed by atoms with van der Waals surface area (Å²) in [6, 6.07) is 7.61. The number of carbonyl (C=O) groups is 1. The zero-order valence-electron chi connectivity index (χ0n) is 19.7. The van der Waals surface area contributed by atoms with Gasteiger partial charge in [-0.25, -0.2) is 0 Å². The number of unbranched alkanes of at least 4 members (excludes halogenated alkanes) is 14. The highest BCUT2D eigenvalue weighted by molar-refractivity contribution is 5.88. The third-order valence-electron chi connectivity index (χ3n) is 5.99. The van der Waals surface area contributed by atoms with Gasteiger partial charge in [0.15, 0.2) is 0 Å². The summed E-state index contributed by atoms with van der Waals surface area (Å²) in [6.07, 6.45) is 26.1. The highest BCUT2D eigenvalue weighted by Gasteiger charge is 2.10. The second kappa shape index (κ2) is 16.7. The van der Waals surface area contributed by atoms with Gasteiger partial charge in [0.25, 0.3) is 0 Å². The second-order valence-electron chi connectivity index (χ2n) is 8.78. The molecule has 0 atom stereocenters. The molecule has 31 heavy (non-hydrogen) atoms. The van der Waals surface area contributed by atoms with Gasteiger partial charge in [-0.15, -0.1) is 5.10 Å². The van der Waals surface area contributed by atoms with Crippen molar-refractivity contribution in [3.8, 4) is 0 Å². The SMILES string of the molecule is CCCCCCCCCCCC/C=C/CCCCCCC(=O)n1nnc2ccccc21. The van der Waals surface area contributed by atoms with E-state index in [2.05, 4.69) is 29.4 Å². The van der Waals surface area contributed by atoms with Crippen LogP contribution < -0.4 is 0 Å². The Bertz CT molecular complexity index is 750. The molecule has 2 rings (SSSR count). The quantitative estimate of drug-likeness (QED) is 0.178. The van der Waals surface area contributed by atoms with Crippen molar-refractivity contribution >= 4 is 16.9 Å². The molecule has 0 saturated heterocycles. The van der Waals surface area contributed by atoms with Crippen molar-refractivity contribution in [3.05, 3.63) is 36.4 Å². The molecule has 0 unspecified atom stereocenters. The second-order valence-corrected chi connectivity index (χ2v) is 8.78. The van der Waals surface area contributed by atoms with Crippen LogP contribution in [0.3, 0.4) is 0 Å². The van der Waals surface area contributed by atoms with E-state index in [0.717, 1.165) is 23.9 Å². The van der Waals surface area contributed by atoms with Crippen LogP contribution in [0.25, 0.3) is 11.0 Å². The minimum atomic E-state index is 0.0464. The molecule has 1 heterocycles. The van der Waals surface area contributed by atoms with E-state index in [9.17, 15) is 4.79 Å². The van der Waals surface area contributed by atoms with Gasteiger partial charge in [-0.1, -0.05) is 107 Å². The molecule has 0 amide bonds. The van der Waals surface area contributed by atoms with Gasteiger partial charge in [-0.3, -0.25) is 4.79 Å². The summed E-state index contributed by atoms with van der Waals surface area (Å²) in [5.74, 6) is 0.0464. The maximum absolute atomic E-state index is 12.3. The van der Waals surface area contributed by atoms with Gasteiger partial charge in [0, 0.05) is 6.42 Å². The maximum Gasteiger partial charge on any atom is 0.248 e. The third-order valence-corrected chi connectivity index (χ3v) is 5.99. The van der Waals surface area contributed by atoms with Crippen molar-refractivity contribution in [1.29, 1.82) is 0 Å². The Hall–Kier alpha value is -1.97. The number of carbonyl (C=O) groups excluding carboxylic acids is 1. The number of para-hydroxylation sites is 1. The van der Waals surface area contributed by atoms with Crippen LogP contribution in [0.5, 0.6) is 0 Å². The Kier molecular flexibility index (Phi) is 13.6. The lowest BCUT2D eigenvalue weighted by molar-refractivity contribution is 0.0886. The molecule has 4 nitrogen and oxygen atoms in total. The highest BCUT2D eigenvalue weighted by Crippen LogP contribution is 2.13. The van der Waals surface area contributed by atoms with Crippen LogP contribution in [-0.4, -0.2) is 20.9 Å². The van der Waals surface area contributed by atoms with Gasteiger partial charge in [0.05, 0.1) is 5.52 Å². The fourth-order valence-electron chi connectivity index (χ4n) is 4.04. The van der Waals surface area contributed by atoms with Crippen molar-refractivity contribution in [2.24, 2.45) is 0 Å². The predicted molar refractivity (Wildman–Crippen MR) is 131 cm³/mol. The lowest BCUT2D eigenvalue weighted by atomic mass is 10.1. The van der Waals surface area contributed by atoms with Crippen molar-refractivity contribution in [1.82, 2.24) is 15.0 Å². The molecule has 0 saturated carbocycles. The van der Waals surface area contributed by atoms with Gasteiger partial charge < -0.3 is 0 Å². The minimum absolute atomic E-state index is 0.0464. The average molecular weight is 426 g/mol. The lowest BCUT2D eigenvalue weighted by Crippen LogP contribution is -2.12. The van der Waals surface area contributed by atoms with Crippen molar-refractivity contribution in [2.45, 2.75) is 116 Å². The summed E-state index contributed by atoms with van der Waals surface area (Å²) in [4.78, 5) is 12.3. The molecule has 0 aliphatic heterocycles. The number of nitrogens with zero attached hydrogens (tertiary/aromatic N) is 3. The molecular formula is C27H43N3O. The Morgan fingerprint density at radius 1 is 0.774 bits per heavy atom. The molecule has 0 aliphatic carbocycles. The summed E-state index contributed by atoms with van der Waals surface area (Å²) in [7, 11) is 0. The number of benzene rings is 1. The smallest absolute Gasteiger partial charge is 0.248 e. The molecule has 2 aromatic rings. The van der Waals surface area contributed by atoms with E-state index in [1.165, 1.54) is 94.6 Å². The molecule has 0 spiro atoms. The first kappa shape index (κ1) is 25.3. The van der Waals surface area contributed by atoms with Crippen LogP contribution in [-0.2, 0) is 0 Å². The van der Waals surface area contributed by atoms with Gasteiger partial charge in [-0.05, 0) is 44.2 Å². The van der Waals surface area contributed by atoms with Crippen molar-refractivity contribution in [3.63, 3.8) is 0 Å². The van der Waals surface area contributed by atoms with Gasteiger partial charge in [0.1, 0.15) is 5.52 Å². The average Bonchev–Trinajstić information content (AvgIpc) is 3.22. The Labute approximate surface area is 189 Å². The van der Waals surface area contributed by atoms with Crippen LogP contribution in [0, 0.1) is 0 Å². The third kappa shape index (κ3) is 10.8. The number of fused-ring (bicyclic) bond motifs is 1. The lowest BCUT2D eigenvalue weighted by Gasteiger charge is -2.02. The van der Waals surface area contributed by atoms with Gasteiger partial charge in [-0.2, -0.15) is 4.68 Å². The first-order valence-corrected chi connectivity index (χ1v) is 12.8. The van der Waals surface area contributed by atoms with Crippen molar-refractivity contribution < 1.29 is 4.79 Å². The largest absolute Gasteiger partial charge is 0.273 e. The highest BCUT2D eigenvalue weighted by atomic mass is 16.2. The molecule has 0 bridgehead atoms. The number of rotatable bonds is 18. The zero-order valence-corrected chi connectivity index (χ0v) is 19.7. The van der Waals surface area contributed by atoms with Crippen LogP contribution in [0.1, 0.15) is 121 Å². The number of hydrogen-bond acceptors (Lipinski definition) is 3. The topological polar surface area (TPSA) is 47.8 Å². The monoisotopic (exact) mass is 425 g/mol. The molecule has 172 valence electrons. The van der Waals surface area contributed by atoms with Gasteiger partial charge >= 0.3 is 0 Å². The van der Waals surface area contributed by atoms with Crippen LogP contribution in [0.2, 0.25) is 0 Å². The minimum Gasteiger partial charge on any atom is -0.273 e. The Balaban J connectivity index is 1.37. The van der Waals surface area contributed by atoms with E-state index in [1.807, 2.05) is 24.3 Å². The predicted octanol–water partition coefficient (Wildman–Crippen LogP) is 8.28. The molecule has 0 fully saturated rings. The summed E-state index contributed by atoms with van der Waals surface area (Å²) < 4.78 is 1.45. The normalized spacial score (nSPS) is 11.6. The van der Waals surface area contributed by atoms with Gasteiger partial charge in [0.2, 0.25) is 5.91 Å². The summed E-state index contributed by atoms with van der Waals surface area (Å²) in [5, 5.41) is 8.06. The molecule has 0 radical (unpaired) electrons. The number of aromatic nitrogens is 3. The fraction of sp³-hybridized carbons (Fsp3) is 0.667. The summed E-state index contributed by atoms with van der Waals surface area (Å²) >= 11 is 0. The first-order valence-electron chi connectivity index (χ1n) is 12.8. The van der Waals surface area contributed by atoms with E-state index >= 15 is 0 Å². The van der Waals surface area contributed by atoms with Crippen LogP contribution in [0.4, 0.5) is 0 Å². The van der Waals surface area contributed by atoms with E-state index in [4.69, 9.17) is 0 Å². The molecular weight excluding hydrogens is 382 g/mol. The maximum atomic E-state index is 12.3. The standard InChI is InChI=1S/C27H43N3O/c1-2-3-4-5-6-7-8-9-10-11-12-13-14-15-16-17-18-19-24-27(31)30-26-23-21-20-22-25(26)28-29-30/h13-14,20-23H,2-12,15-19,24H2,1H3/b14-13+. The molecule has 1 aromatic heterocycles. The van der Waals surface area contributed by atoms with E-state index in [0.29, 0.717) is 6.42 Å². The Morgan fingerprint density at radius 3 is 1.97 bits per heavy atom. The first-order chi connectivity index (χ1) is 15.3. The van der Waals surface area contributed by atoms with E-state index < -0.39 is 0 Å². The van der Waals surface area contributed by atoms with Crippen molar-refractivity contribution in [2.75, 3.05) is 0 Å². The molecule has 1 aromatic carbocycles. The molecule has 0 aliphatic rings. The molecule has 4 heteroatoms. The van der Waals surface area contributed by atoms with E-state index in [-0.39, 0.29) is 5.91 Å². The Morgan fingerprint density at radius 2 is 1.32 bits per heavy atom. The summed E-state index contributed by atoms with van der Waals surface area (Å²) in [6.45, 7) is 2.28. The number of allylic oxidation sites excluding steroid dienone is 2. The zero-order chi connectivity index (χ0) is 22.0. The molecule has 0 N–H and O–H groups in total. The van der Waals surface area contributed by atoms with Crippen LogP contribution >= 0.6 is 0 Å². The summed E-state index contributed by atoms with van der Waals surface area (Å²) in [5.41, 5.74) is 1.58. The van der Waals surface area contributed by atoms with Crippen LogP contribution in [0.15, 0.2) is 36.4 Å². The fourth-order valence-corrected chi connectivity index (χ4v) is 4.04. The van der Waals surface area contributed by atoms with E-state index in [1.54, 1.807) is 0 Å². The number of hydrogen-bond donors (Lipinski definition) is 0.